The molecule has 0 aromatic heterocycles. The molecule has 0 atom stereocenters. The monoisotopic (exact) mass is 279 g/mol. The van der Waals surface area contributed by atoms with Crippen LogP contribution in [-0.2, 0) is 4.74 Å². The highest BCUT2D eigenvalue weighted by Gasteiger charge is 2.13. The summed E-state index contributed by atoms with van der Waals surface area (Å²) >= 11 is 0. The third-order valence-corrected chi connectivity index (χ3v) is 2.70. The van der Waals surface area contributed by atoms with Gasteiger partial charge in [0.2, 0.25) is 0 Å². The minimum absolute atomic E-state index is 0. The van der Waals surface area contributed by atoms with Crippen molar-refractivity contribution in [2.24, 2.45) is 0 Å². The standard InChI is InChI=1S/C15H17NO2.ClH/c17-16-11-12-18-15(13-7-3-1-4-8-13)14-9-5-2-6-10-14;/h1-10,15-17H,11-12H2;1H. The van der Waals surface area contributed by atoms with E-state index in [1.54, 1.807) is 0 Å². The summed E-state index contributed by atoms with van der Waals surface area (Å²) in [6.45, 7) is 0.862. The summed E-state index contributed by atoms with van der Waals surface area (Å²) in [6.07, 6.45) is -0.0965. The maximum atomic E-state index is 8.59. The molecule has 0 unspecified atom stereocenters. The van der Waals surface area contributed by atoms with Gasteiger partial charge in [-0.3, -0.25) is 0 Å². The molecule has 0 aliphatic heterocycles. The second kappa shape index (κ2) is 8.67. The molecule has 2 aromatic rings. The molecule has 0 saturated heterocycles. The first-order chi connectivity index (χ1) is 8.92. The molecule has 0 aliphatic rings. The van der Waals surface area contributed by atoms with Crippen LogP contribution in [0.4, 0.5) is 0 Å². The second-order valence-electron chi connectivity index (χ2n) is 3.98. The first-order valence-corrected chi connectivity index (χ1v) is 6.00. The molecule has 102 valence electrons. The van der Waals surface area contributed by atoms with Crippen molar-refractivity contribution in [2.45, 2.75) is 6.10 Å². The third kappa shape index (κ3) is 4.65. The van der Waals surface area contributed by atoms with E-state index in [1.165, 1.54) is 0 Å². The Morgan fingerprint density at radius 1 is 0.895 bits per heavy atom. The van der Waals surface area contributed by atoms with Crippen molar-refractivity contribution < 1.29 is 9.94 Å². The number of nitrogens with one attached hydrogen (secondary N) is 1. The van der Waals surface area contributed by atoms with Crippen LogP contribution in [0.3, 0.4) is 0 Å². The number of hydrogen-bond acceptors (Lipinski definition) is 3. The number of ether oxygens (including phenoxy) is 1. The second-order valence-corrected chi connectivity index (χ2v) is 3.98. The lowest BCUT2D eigenvalue weighted by Gasteiger charge is -2.18. The van der Waals surface area contributed by atoms with Crippen LogP contribution in [0.2, 0.25) is 0 Å². The summed E-state index contributed by atoms with van der Waals surface area (Å²) in [5, 5.41) is 8.59. The highest BCUT2D eigenvalue weighted by atomic mass is 35.5. The average molecular weight is 280 g/mol. The lowest BCUT2D eigenvalue weighted by Crippen LogP contribution is -2.17. The van der Waals surface area contributed by atoms with Gasteiger partial charge in [0.25, 0.3) is 0 Å². The normalized spacial score (nSPS) is 10.2. The molecular formula is C15H18ClNO2. The smallest absolute Gasteiger partial charge is 0.108 e. The topological polar surface area (TPSA) is 41.5 Å². The third-order valence-electron chi connectivity index (χ3n) is 2.70. The first-order valence-electron chi connectivity index (χ1n) is 6.00. The van der Waals surface area contributed by atoms with Gasteiger partial charge in [-0.15, -0.1) is 12.4 Å². The van der Waals surface area contributed by atoms with Gasteiger partial charge in [-0.2, -0.15) is 0 Å². The van der Waals surface area contributed by atoms with E-state index < -0.39 is 0 Å². The lowest BCUT2D eigenvalue weighted by molar-refractivity contribution is 0.0552. The molecule has 2 aromatic carbocycles. The van der Waals surface area contributed by atoms with Crippen LogP contribution in [-0.4, -0.2) is 18.4 Å². The highest BCUT2D eigenvalue weighted by molar-refractivity contribution is 5.85. The van der Waals surface area contributed by atoms with Gasteiger partial charge in [-0.25, -0.2) is 5.48 Å². The molecule has 0 fully saturated rings. The number of halogens is 1. The molecule has 0 bridgehead atoms. The minimum atomic E-state index is -0.0965. The summed E-state index contributed by atoms with van der Waals surface area (Å²) in [7, 11) is 0. The Morgan fingerprint density at radius 2 is 1.37 bits per heavy atom. The number of hydroxylamine groups is 1. The van der Waals surface area contributed by atoms with E-state index in [0.717, 1.165) is 11.1 Å². The van der Waals surface area contributed by atoms with Crippen molar-refractivity contribution in [3.05, 3.63) is 71.8 Å². The molecule has 0 saturated carbocycles. The Bertz CT molecular complexity index is 411. The largest absolute Gasteiger partial charge is 0.367 e. The van der Waals surface area contributed by atoms with Crippen molar-refractivity contribution in [1.82, 2.24) is 5.48 Å². The van der Waals surface area contributed by atoms with E-state index in [9.17, 15) is 0 Å². The summed E-state index contributed by atoms with van der Waals surface area (Å²) in [4.78, 5) is 0. The Labute approximate surface area is 119 Å². The first kappa shape index (κ1) is 15.7. The summed E-state index contributed by atoms with van der Waals surface area (Å²) in [6, 6.07) is 20.2. The zero-order chi connectivity index (χ0) is 12.6. The molecule has 4 heteroatoms. The molecule has 0 aliphatic carbocycles. The fraction of sp³-hybridized carbons (Fsp3) is 0.200. The summed E-state index contributed by atoms with van der Waals surface area (Å²) in [5.74, 6) is 0. The van der Waals surface area contributed by atoms with Crippen LogP contribution in [0, 0.1) is 0 Å². The van der Waals surface area contributed by atoms with Crippen molar-refractivity contribution in [1.29, 1.82) is 0 Å². The Balaban J connectivity index is 0.00000180. The summed E-state index contributed by atoms with van der Waals surface area (Å²) < 4.78 is 5.83. The van der Waals surface area contributed by atoms with Gasteiger partial charge in [0.1, 0.15) is 6.10 Å². The van der Waals surface area contributed by atoms with E-state index in [2.05, 4.69) is 5.48 Å². The van der Waals surface area contributed by atoms with Crippen LogP contribution in [0.15, 0.2) is 60.7 Å². The Morgan fingerprint density at radius 3 is 1.79 bits per heavy atom. The van der Waals surface area contributed by atoms with E-state index in [4.69, 9.17) is 9.94 Å². The molecule has 0 spiro atoms. The lowest BCUT2D eigenvalue weighted by atomic mass is 10.0. The van der Waals surface area contributed by atoms with E-state index in [1.807, 2.05) is 60.7 Å². The molecule has 3 nitrogen and oxygen atoms in total. The minimum Gasteiger partial charge on any atom is -0.367 e. The van der Waals surface area contributed by atoms with Crippen molar-refractivity contribution >= 4 is 12.4 Å². The van der Waals surface area contributed by atoms with Gasteiger partial charge in [0.05, 0.1) is 6.61 Å². The Hall–Kier alpha value is -1.39. The van der Waals surface area contributed by atoms with Crippen molar-refractivity contribution in [3.8, 4) is 0 Å². The molecule has 0 amide bonds. The number of hydrogen-bond donors (Lipinski definition) is 2. The van der Waals surface area contributed by atoms with Crippen LogP contribution in [0.5, 0.6) is 0 Å². The van der Waals surface area contributed by atoms with Gasteiger partial charge in [0.15, 0.2) is 0 Å². The van der Waals surface area contributed by atoms with Gasteiger partial charge >= 0.3 is 0 Å². The maximum absolute atomic E-state index is 8.59. The van der Waals surface area contributed by atoms with Gasteiger partial charge in [-0.1, -0.05) is 60.7 Å². The molecule has 0 heterocycles. The number of rotatable bonds is 6. The van der Waals surface area contributed by atoms with Crippen LogP contribution < -0.4 is 5.48 Å². The SMILES string of the molecule is Cl.ONCCOC(c1ccccc1)c1ccccc1. The molecule has 2 N–H and O–H groups in total. The van der Waals surface area contributed by atoms with Gasteiger partial charge in [-0.05, 0) is 11.1 Å². The quantitative estimate of drug-likeness (QED) is 0.630. The number of benzene rings is 2. The predicted octanol–water partition coefficient (Wildman–Crippen LogP) is 3.19. The van der Waals surface area contributed by atoms with E-state index >= 15 is 0 Å². The summed E-state index contributed by atoms with van der Waals surface area (Å²) in [5.41, 5.74) is 4.33. The average Bonchev–Trinajstić information content (AvgIpc) is 2.46. The van der Waals surface area contributed by atoms with E-state index in [-0.39, 0.29) is 18.5 Å². The molecule has 0 radical (unpaired) electrons. The van der Waals surface area contributed by atoms with Crippen LogP contribution in [0.25, 0.3) is 0 Å². The fourth-order valence-corrected chi connectivity index (χ4v) is 1.86. The van der Waals surface area contributed by atoms with Gasteiger partial charge < -0.3 is 9.94 Å². The molecular weight excluding hydrogens is 262 g/mol. The maximum Gasteiger partial charge on any atom is 0.108 e. The van der Waals surface area contributed by atoms with Crippen LogP contribution >= 0.6 is 12.4 Å². The van der Waals surface area contributed by atoms with E-state index in [0.29, 0.717) is 13.2 Å². The molecule has 2 rings (SSSR count). The van der Waals surface area contributed by atoms with Crippen molar-refractivity contribution in [2.75, 3.05) is 13.2 Å². The highest BCUT2D eigenvalue weighted by Crippen LogP contribution is 2.25. The predicted molar refractivity (Wildman–Crippen MR) is 77.7 cm³/mol. The van der Waals surface area contributed by atoms with Crippen LogP contribution in [0.1, 0.15) is 17.2 Å². The van der Waals surface area contributed by atoms with Crippen molar-refractivity contribution in [3.63, 3.8) is 0 Å². The fourth-order valence-electron chi connectivity index (χ4n) is 1.86. The Kier molecular flexibility index (Phi) is 7.15. The zero-order valence-electron chi connectivity index (χ0n) is 10.5. The zero-order valence-corrected chi connectivity index (χ0v) is 11.3. The molecule has 19 heavy (non-hydrogen) atoms. The van der Waals surface area contributed by atoms with Gasteiger partial charge in [0, 0.05) is 6.54 Å².